The molecule has 9 heteroatoms. The van der Waals surface area contributed by atoms with E-state index < -0.39 is 0 Å². The summed E-state index contributed by atoms with van der Waals surface area (Å²) in [6, 6.07) is 11.9. The molecule has 0 amide bonds. The molecule has 3 N–H and O–H groups in total. The zero-order chi connectivity index (χ0) is 18.4. The van der Waals surface area contributed by atoms with Crippen LogP contribution < -0.4 is 5.73 Å². The van der Waals surface area contributed by atoms with Gasteiger partial charge >= 0.3 is 0 Å². The van der Waals surface area contributed by atoms with Gasteiger partial charge in [0.2, 0.25) is 5.16 Å². The molecule has 0 saturated carbocycles. The summed E-state index contributed by atoms with van der Waals surface area (Å²) in [6.07, 6.45) is 3.53. The Morgan fingerprint density at radius 1 is 1.11 bits per heavy atom. The molecule has 0 aliphatic heterocycles. The number of aryl methyl sites for hydroxylation is 1. The fraction of sp³-hybridized carbons (Fsp3) is 0.0556. The van der Waals surface area contributed by atoms with E-state index in [-0.39, 0.29) is 0 Å². The van der Waals surface area contributed by atoms with Gasteiger partial charge in [-0.2, -0.15) is 14.7 Å². The van der Waals surface area contributed by atoms with Gasteiger partial charge in [-0.05, 0) is 60.6 Å². The molecule has 0 bridgehead atoms. The van der Waals surface area contributed by atoms with Crippen molar-refractivity contribution in [2.24, 2.45) is 0 Å². The summed E-state index contributed by atoms with van der Waals surface area (Å²) in [6.45, 7) is 1.95. The van der Waals surface area contributed by atoms with E-state index in [1.807, 2.05) is 37.3 Å². The Labute approximate surface area is 157 Å². The minimum atomic E-state index is 0.558. The lowest BCUT2D eigenvalue weighted by Gasteiger charge is -2.05. The van der Waals surface area contributed by atoms with Gasteiger partial charge in [-0.15, -0.1) is 10.2 Å². The molecule has 0 spiro atoms. The minimum Gasteiger partial charge on any atom is -0.383 e. The second-order valence-electron chi connectivity index (χ2n) is 6.11. The third kappa shape index (κ3) is 2.77. The summed E-state index contributed by atoms with van der Waals surface area (Å²) in [5.74, 6) is 0.558. The van der Waals surface area contributed by atoms with Crippen LogP contribution in [0.15, 0.2) is 58.8 Å². The van der Waals surface area contributed by atoms with E-state index in [9.17, 15) is 0 Å². The first-order valence-electron chi connectivity index (χ1n) is 8.24. The average Bonchev–Trinajstić information content (AvgIpc) is 3.33. The number of aromatic nitrogens is 7. The molecule has 0 aliphatic rings. The second-order valence-corrected chi connectivity index (χ2v) is 7.15. The molecule has 0 fully saturated rings. The van der Waals surface area contributed by atoms with Crippen LogP contribution in [0, 0.1) is 6.92 Å². The van der Waals surface area contributed by atoms with Crippen LogP contribution in [0.3, 0.4) is 0 Å². The number of pyridine rings is 1. The monoisotopic (exact) mass is 374 g/mol. The number of nitrogens with two attached hydrogens (primary N) is 1. The van der Waals surface area contributed by atoms with Crippen molar-refractivity contribution in [3.8, 4) is 11.3 Å². The van der Waals surface area contributed by atoms with Crippen molar-refractivity contribution in [1.82, 2.24) is 35.0 Å². The molecule has 0 unspecified atom stereocenters. The van der Waals surface area contributed by atoms with Gasteiger partial charge in [-0.1, -0.05) is 0 Å². The number of hydrogen-bond donors (Lipinski definition) is 2. The second kappa shape index (κ2) is 6.06. The Morgan fingerprint density at radius 2 is 2.04 bits per heavy atom. The molecular weight excluding hydrogens is 360 g/mol. The first-order chi connectivity index (χ1) is 13.2. The van der Waals surface area contributed by atoms with E-state index in [1.165, 1.54) is 11.8 Å². The molecule has 5 aromatic rings. The maximum atomic E-state index is 5.90. The SMILES string of the molecule is Cc1cc2cc(Sc3nnc4ccc(-c5cn[nH]c5)nn34)ccc2nc1N. The quantitative estimate of drug-likeness (QED) is 0.499. The zero-order valence-electron chi connectivity index (χ0n) is 14.3. The van der Waals surface area contributed by atoms with E-state index in [2.05, 4.69) is 36.5 Å². The molecule has 0 saturated heterocycles. The number of benzene rings is 1. The average molecular weight is 374 g/mol. The third-order valence-electron chi connectivity index (χ3n) is 4.25. The van der Waals surface area contributed by atoms with Crippen LogP contribution in [0.5, 0.6) is 0 Å². The lowest BCUT2D eigenvalue weighted by Crippen LogP contribution is -1.96. The molecule has 1 aromatic carbocycles. The standard InChI is InChI=1S/C18H14N8S/c1-10-6-11-7-13(2-3-14(11)22-17(10)19)27-18-24-23-16-5-4-15(25-26(16)18)12-8-20-21-9-12/h2-9H,1H3,(H2,19,22)(H,20,21). The molecule has 132 valence electrons. The molecule has 27 heavy (non-hydrogen) atoms. The van der Waals surface area contributed by atoms with Crippen LogP contribution in [0.4, 0.5) is 5.82 Å². The summed E-state index contributed by atoms with van der Waals surface area (Å²) in [5.41, 5.74) is 10.1. The number of rotatable bonds is 3. The van der Waals surface area contributed by atoms with Crippen molar-refractivity contribution in [2.45, 2.75) is 17.0 Å². The topological polar surface area (TPSA) is 111 Å². The summed E-state index contributed by atoms with van der Waals surface area (Å²) in [7, 11) is 0. The molecule has 5 rings (SSSR count). The van der Waals surface area contributed by atoms with E-state index in [0.717, 1.165) is 32.6 Å². The fourth-order valence-corrected chi connectivity index (χ4v) is 3.66. The van der Waals surface area contributed by atoms with Crippen LogP contribution in [-0.4, -0.2) is 35.0 Å². The number of fused-ring (bicyclic) bond motifs is 2. The Kier molecular flexibility index (Phi) is 3.54. The fourth-order valence-electron chi connectivity index (χ4n) is 2.82. The van der Waals surface area contributed by atoms with Gasteiger partial charge in [0.05, 0.1) is 17.4 Å². The number of hydrogen-bond acceptors (Lipinski definition) is 7. The van der Waals surface area contributed by atoms with Gasteiger partial charge in [0.15, 0.2) is 5.65 Å². The summed E-state index contributed by atoms with van der Waals surface area (Å²) in [4.78, 5) is 5.44. The number of nitrogen functional groups attached to an aromatic ring is 1. The van der Waals surface area contributed by atoms with Gasteiger partial charge in [0.1, 0.15) is 5.82 Å². The van der Waals surface area contributed by atoms with Gasteiger partial charge in [-0.3, -0.25) is 5.10 Å². The Morgan fingerprint density at radius 3 is 2.89 bits per heavy atom. The van der Waals surface area contributed by atoms with Crippen molar-refractivity contribution >= 4 is 34.1 Å². The Balaban J connectivity index is 1.55. The van der Waals surface area contributed by atoms with E-state index in [1.54, 1.807) is 16.9 Å². The molecular formula is C18H14N8S. The molecule has 4 aromatic heterocycles. The third-order valence-corrected chi connectivity index (χ3v) is 5.18. The lowest BCUT2D eigenvalue weighted by atomic mass is 10.1. The summed E-state index contributed by atoms with van der Waals surface area (Å²) in [5, 5.41) is 21.6. The number of nitrogens with zero attached hydrogens (tertiary/aromatic N) is 6. The van der Waals surface area contributed by atoms with Gasteiger partial charge in [-0.25, -0.2) is 4.98 Å². The first kappa shape index (κ1) is 15.8. The summed E-state index contributed by atoms with van der Waals surface area (Å²) >= 11 is 1.50. The number of anilines is 1. The molecule has 4 heterocycles. The highest BCUT2D eigenvalue weighted by molar-refractivity contribution is 7.99. The predicted molar refractivity (Wildman–Crippen MR) is 103 cm³/mol. The van der Waals surface area contributed by atoms with Crippen LogP contribution in [0.1, 0.15) is 5.56 Å². The summed E-state index contributed by atoms with van der Waals surface area (Å²) < 4.78 is 1.74. The highest BCUT2D eigenvalue weighted by Crippen LogP contribution is 2.30. The zero-order valence-corrected chi connectivity index (χ0v) is 15.1. The van der Waals surface area contributed by atoms with Crippen molar-refractivity contribution in [3.63, 3.8) is 0 Å². The normalized spacial score (nSPS) is 11.4. The van der Waals surface area contributed by atoms with Crippen LogP contribution in [0.2, 0.25) is 0 Å². The van der Waals surface area contributed by atoms with Crippen LogP contribution in [0.25, 0.3) is 27.8 Å². The highest BCUT2D eigenvalue weighted by Gasteiger charge is 2.11. The van der Waals surface area contributed by atoms with Crippen molar-refractivity contribution in [3.05, 3.63) is 54.4 Å². The van der Waals surface area contributed by atoms with E-state index in [4.69, 9.17) is 5.73 Å². The molecule has 8 nitrogen and oxygen atoms in total. The van der Waals surface area contributed by atoms with E-state index in [0.29, 0.717) is 16.6 Å². The smallest absolute Gasteiger partial charge is 0.217 e. The van der Waals surface area contributed by atoms with Gasteiger partial charge in [0.25, 0.3) is 0 Å². The Hall–Kier alpha value is -3.46. The van der Waals surface area contributed by atoms with Gasteiger partial charge < -0.3 is 5.73 Å². The maximum Gasteiger partial charge on any atom is 0.217 e. The van der Waals surface area contributed by atoms with Crippen LogP contribution >= 0.6 is 11.8 Å². The molecule has 0 atom stereocenters. The van der Waals surface area contributed by atoms with Gasteiger partial charge in [0, 0.05) is 22.0 Å². The molecule has 0 radical (unpaired) electrons. The van der Waals surface area contributed by atoms with Crippen molar-refractivity contribution in [2.75, 3.05) is 5.73 Å². The maximum absolute atomic E-state index is 5.90. The Bertz CT molecular complexity index is 1280. The highest BCUT2D eigenvalue weighted by atomic mass is 32.2. The van der Waals surface area contributed by atoms with Crippen LogP contribution in [-0.2, 0) is 0 Å². The first-order valence-corrected chi connectivity index (χ1v) is 9.05. The lowest BCUT2D eigenvalue weighted by molar-refractivity contribution is 0.813. The predicted octanol–water partition coefficient (Wildman–Crippen LogP) is 3.10. The minimum absolute atomic E-state index is 0.558. The van der Waals surface area contributed by atoms with Crippen molar-refractivity contribution in [1.29, 1.82) is 0 Å². The number of nitrogens with one attached hydrogen (secondary N) is 1. The number of aromatic amines is 1. The van der Waals surface area contributed by atoms with E-state index >= 15 is 0 Å². The number of H-pyrrole nitrogens is 1. The van der Waals surface area contributed by atoms with Crippen molar-refractivity contribution < 1.29 is 0 Å². The largest absolute Gasteiger partial charge is 0.383 e. The molecule has 0 aliphatic carbocycles.